The van der Waals surface area contributed by atoms with Crippen LogP contribution in [0.3, 0.4) is 0 Å². The maximum absolute atomic E-state index is 12.7. The molecule has 0 saturated carbocycles. The summed E-state index contributed by atoms with van der Waals surface area (Å²) < 4.78 is 10.9. The van der Waals surface area contributed by atoms with Gasteiger partial charge in [0.2, 0.25) is 0 Å². The number of anilines is 1. The Hall–Kier alpha value is -4.35. The van der Waals surface area contributed by atoms with Gasteiger partial charge in [0.1, 0.15) is 29.7 Å². The predicted octanol–water partition coefficient (Wildman–Crippen LogP) is 5.38. The first-order valence-electron chi connectivity index (χ1n) is 9.62. The highest BCUT2D eigenvalue weighted by Crippen LogP contribution is 2.29. The molecular weight excluding hydrogens is 446 g/mol. The number of nitro benzene ring substituents is 1. The lowest BCUT2D eigenvalue weighted by Crippen LogP contribution is -2.14. The lowest BCUT2D eigenvalue weighted by atomic mass is 10.1. The third kappa shape index (κ3) is 6.32. The number of rotatable bonds is 8. The standard InChI is InChI=1S/C24H18ClN3O5/c1-32-23-10-9-20(28(30)31)13-22(23)27-24(29)18(14-26)11-17-3-2-4-21(12-17)33-15-16-5-7-19(25)8-6-16/h2-13H,15H2,1H3,(H,27,29)/b18-11+. The van der Waals surface area contributed by atoms with Crippen molar-refractivity contribution in [2.75, 3.05) is 12.4 Å². The van der Waals surface area contributed by atoms with Crippen LogP contribution in [0, 0.1) is 21.4 Å². The molecule has 9 heteroatoms. The van der Waals surface area contributed by atoms with E-state index < -0.39 is 10.8 Å². The monoisotopic (exact) mass is 463 g/mol. The molecule has 3 rings (SSSR count). The second-order valence-electron chi connectivity index (χ2n) is 6.75. The smallest absolute Gasteiger partial charge is 0.271 e. The van der Waals surface area contributed by atoms with Crippen LogP contribution < -0.4 is 14.8 Å². The number of non-ortho nitro benzene ring substituents is 1. The van der Waals surface area contributed by atoms with Gasteiger partial charge in [0.05, 0.1) is 17.7 Å². The molecule has 0 bridgehead atoms. The summed E-state index contributed by atoms with van der Waals surface area (Å²) in [4.78, 5) is 23.1. The van der Waals surface area contributed by atoms with Crippen LogP contribution in [-0.2, 0) is 11.4 Å². The molecule has 0 aliphatic rings. The average Bonchev–Trinajstić information content (AvgIpc) is 2.82. The van der Waals surface area contributed by atoms with Crippen LogP contribution in [0.15, 0.2) is 72.3 Å². The summed E-state index contributed by atoms with van der Waals surface area (Å²) in [5.74, 6) is 0.0457. The average molecular weight is 464 g/mol. The Morgan fingerprint density at radius 3 is 2.61 bits per heavy atom. The van der Waals surface area contributed by atoms with E-state index in [0.717, 1.165) is 11.6 Å². The first-order chi connectivity index (χ1) is 15.9. The van der Waals surface area contributed by atoms with Crippen molar-refractivity contribution in [2.45, 2.75) is 6.61 Å². The van der Waals surface area contributed by atoms with Crippen LogP contribution in [0.25, 0.3) is 6.08 Å². The summed E-state index contributed by atoms with van der Waals surface area (Å²) in [5, 5.41) is 23.6. The number of methoxy groups -OCH3 is 1. The predicted molar refractivity (Wildman–Crippen MR) is 124 cm³/mol. The van der Waals surface area contributed by atoms with E-state index in [9.17, 15) is 20.2 Å². The molecule has 8 nitrogen and oxygen atoms in total. The van der Waals surface area contributed by atoms with Gasteiger partial charge >= 0.3 is 0 Å². The summed E-state index contributed by atoms with van der Waals surface area (Å²) in [5.41, 5.74) is 1.17. The van der Waals surface area contributed by atoms with Crippen molar-refractivity contribution in [3.63, 3.8) is 0 Å². The van der Waals surface area contributed by atoms with Crippen LogP contribution in [0.1, 0.15) is 11.1 Å². The number of ether oxygens (including phenoxy) is 2. The fourth-order valence-corrected chi connectivity index (χ4v) is 2.98. The zero-order valence-electron chi connectivity index (χ0n) is 17.4. The van der Waals surface area contributed by atoms with Crippen LogP contribution in [-0.4, -0.2) is 17.9 Å². The van der Waals surface area contributed by atoms with E-state index in [1.54, 1.807) is 36.4 Å². The molecule has 1 N–H and O–H groups in total. The number of hydrogen-bond acceptors (Lipinski definition) is 6. The highest BCUT2D eigenvalue weighted by molar-refractivity contribution is 6.30. The van der Waals surface area contributed by atoms with Gasteiger partial charge in [-0.25, -0.2) is 0 Å². The van der Waals surface area contributed by atoms with E-state index >= 15 is 0 Å². The van der Waals surface area contributed by atoms with Crippen molar-refractivity contribution in [1.82, 2.24) is 0 Å². The summed E-state index contributed by atoms with van der Waals surface area (Å²) in [6.45, 7) is 0.322. The van der Waals surface area contributed by atoms with Crippen LogP contribution >= 0.6 is 11.6 Å². The topological polar surface area (TPSA) is 114 Å². The van der Waals surface area contributed by atoms with Gasteiger partial charge in [-0.05, 0) is 47.5 Å². The summed E-state index contributed by atoms with van der Waals surface area (Å²) in [6.07, 6.45) is 1.40. The van der Waals surface area contributed by atoms with Gasteiger partial charge in [-0.3, -0.25) is 14.9 Å². The summed E-state index contributed by atoms with van der Waals surface area (Å²) in [6, 6.07) is 19.8. The molecule has 0 aliphatic heterocycles. The van der Waals surface area contributed by atoms with Gasteiger partial charge in [-0.1, -0.05) is 35.9 Å². The quantitative estimate of drug-likeness (QED) is 0.207. The maximum atomic E-state index is 12.7. The molecule has 0 fully saturated rings. The number of nitrogens with one attached hydrogen (secondary N) is 1. The highest BCUT2D eigenvalue weighted by atomic mass is 35.5. The normalized spacial score (nSPS) is 10.8. The van der Waals surface area contributed by atoms with Gasteiger partial charge in [-0.2, -0.15) is 5.26 Å². The third-order valence-electron chi connectivity index (χ3n) is 4.50. The number of halogens is 1. The molecule has 0 aliphatic carbocycles. The Kier molecular flexibility index (Phi) is 7.63. The fourth-order valence-electron chi connectivity index (χ4n) is 2.85. The number of hydrogen-bond donors (Lipinski definition) is 1. The maximum Gasteiger partial charge on any atom is 0.271 e. The van der Waals surface area contributed by atoms with E-state index in [1.165, 1.54) is 25.3 Å². The molecule has 0 aromatic heterocycles. The number of benzene rings is 3. The van der Waals surface area contributed by atoms with E-state index in [0.29, 0.717) is 22.9 Å². The number of carbonyl (C=O) groups excluding carboxylic acids is 1. The third-order valence-corrected chi connectivity index (χ3v) is 4.75. The molecular formula is C24H18ClN3O5. The zero-order valence-corrected chi connectivity index (χ0v) is 18.2. The number of nitriles is 1. The Balaban J connectivity index is 1.76. The van der Waals surface area contributed by atoms with Crippen molar-refractivity contribution in [3.8, 4) is 17.6 Å². The number of nitrogens with zero attached hydrogens (tertiary/aromatic N) is 2. The number of amides is 1. The Bertz CT molecular complexity index is 1250. The molecule has 3 aromatic carbocycles. The molecule has 0 saturated heterocycles. The summed E-state index contributed by atoms with van der Waals surface area (Å²) in [7, 11) is 1.37. The van der Waals surface area contributed by atoms with Gasteiger partial charge in [0.25, 0.3) is 11.6 Å². The molecule has 0 unspecified atom stereocenters. The van der Waals surface area contributed by atoms with Crippen LogP contribution in [0.5, 0.6) is 11.5 Å². The second kappa shape index (κ2) is 10.8. The Labute approximate surface area is 194 Å². The van der Waals surface area contributed by atoms with Crippen molar-refractivity contribution >= 4 is 35.0 Å². The highest BCUT2D eigenvalue weighted by Gasteiger charge is 2.16. The van der Waals surface area contributed by atoms with Crippen LogP contribution in [0.2, 0.25) is 5.02 Å². The van der Waals surface area contributed by atoms with Gasteiger partial charge in [0, 0.05) is 17.2 Å². The van der Waals surface area contributed by atoms with E-state index in [2.05, 4.69) is 5.32 Å². The van der Waals surface area contributed by atoms with Crippen LogP contribution in [0.4, 0.5) is 11.4 Å². The second-order valence-corrected chi connectivity index (χ2v) is 7.19. The lowest BCUT2D eigenvalue weighted by Gasteiger charge is -2.10. The lowest BCUT2D eigenvalue weighted by molar-refractivity contribution is -0.384. The summed E-state index contributed by atoms with van der Waals surface area (Å²) >= 11 is 5.88. The van der Waals surface area contributed by atoms with Gasteiger partial charge < -0.3 is 14.8 Å². The zero-order chi connectivity index (χ0) is 23.8. The van der Waals surface area contributed by atoms with Gasteiger partial charge in [-0.15, -0.1) is 0 Å². The molecule has 33 heavy (non-hydrogen) atoms. The molecule has 0 radical (unpaired) electrons. The number of nitro groups is 1. The largest absolute Gasteiger partial charge is 0.495 e. The first kappa shape index (κ1) is 23.3. The number of carbonyl (C=O) groups is 1. The molecule has 3 aromatic rings. The molecule has 166 valence electrons. The van der Waals surface area contributed by atoms with Crippen molar-refractivity contribution in [2.24, 2.45) is 0 Å². The molecule has 0 spiro atoms. The minimum atomic E-state index is -0.733. The van der Waals surface area contributed by atoms with Crippen molar-refractivity contribution < 1.29 is 19.2 Å². The molecule has 1 amide bonds. The van der Waals surface area contributed by atoms with Crippen molar-refractivity contribution in [1.29, 1.82) is 5.26 Å². The SMILES string of the molecule is COc1ccc([N+](=O)[O-])cc1NC(=O)/C(C#N)=C/c1cccc(OCc2ccc(Cl)cc2)c1. The minimum Gasteiger partial charge on any atom is -0.495 e. The molecule has 0 atom stereocenters. The molecule has 0 heterocycles. The minimum absolute atomic E-state index is 0.0814. The van der Waals surface area contributed by atoms with E-state index in [1.807, 2.05) is 18.2 Å². The first-order valence-corrected chi connectivity index (χ1v) is 10.0. The Morgan fingerprint density at radius 2 is 1.94 bits per heavy atom. The van der Waals surface area contributed by atoms with Gasteiger partial charge in [0.15, 0.2) is 0 Å². The fraction of sp³-hybridized carbons (Fsp3) is 0.0833. The Morgan fingerprint density at radius 1 is 1.18 bits per heavy atom. The van der Waals surface area contributed by atoms with Crippen molar-refractivity contribution in [3.05, 3.63) is 98.6 Å². The van der Waals surface area contributed by atoms with E-state index in [4.69, 9.17) is 21.1 Å². The van der Waals surface area contributed by atoms with E-state index in [-0.39, 0.29) is 22.7 Å².